The maximum Gasteiger partial charge on any atom is 0.318 e. The zero-order valence-electron chi connectivity index (χ0n) is 18.1. The standard InChI is InChI=1S/C25H27FN2O2S/c1-4-21-16(2)31-24-22(21)12-13-28(23(24)18-8-10-19(26)11-9-18)25(29)27-15-17-6-5-7-20(14-17)30-3/h5-11,14,23H,4,12-13,15H2,1-3H3,(H,27,29)/t23-/m1/s1. The fourth-order valence-electron chi connectivity index (χ4n) is 4.37. The molecule has 0 fully saturated rings. The number of amides is 2. The van der Waals surface area contributed by atoms with Crippen molar-refractivity contribution in [3.05, 3.63) is 86.4 Å². The molecule has 3 aromatic rings. The molecule has 0 bridgehead atoms. The first kappa shape index (κ1) is 21.4. The molecule has 162 valence electrons. The molecule has 4 rings (SSSR count). The van der Waals surface area contributed by atoms with Crippen molar-refractivity contribution in [2.45, 2.75) is 39.3 Å². The fourth-order valence-corrected chi connectivity index (χ4v) is 5.81. The van der Waals surface area contributed by atoms with E-state index in [-0.39, 0.29) is 17.9 Å². The lowest BCUT2D eigenvalue weighted by molar-refractivity contribution is 0.180. The molecule has 0 saturated carbocycles. The molecule has 1 atom stereocenters. The number of thiophene rings is 1. The van der Waals surface area contributed by atoms with Crippen molar-refractivity contribution in [3.63, 3.8) is 0 Å². The van der Waals surface area contributed by atoms with E-state index in [9.17, 15) is 9.18 Å². The van der Waals surface area contributed by atoms with Crippen LogP contribution < -0.4 is 10.1 Å². The van der Waals surface area contributed by atoms with Crippen LogP contribution in [0.5, 0.6) is 5.75 Å². The number of rotatable bonds is 5. The van der Waals surface area contributed by atoms with Gasteiger partial charge in [-0.15, -0.1) is 11.3 Å². The average molecular weight is 439 g/mol. The van der Waals surface area contributed by atoms with Gasteiger partial charge < -0.3 is 15.0 Å². The maximum atomic E-state index is 13.6. The Morgan fingerprint density at radius 1 is 1.26 bits per heavy atom. The van der Waals surface area contributed by atoms with Crippen LogP contribution in [-0.2, 0) is 19.4 Å². The second-order valence-electron chi connectivity index (χ2n) is 7.74. The monoisotopic (exact) mass is 438 g/mol. The van der Waals surface area contributed by atoms with Crippen LogP contribution in [0.2, 0.25) is 0 Å². The minimum Gasteiger partial charge on any atom is -0.497 e. The molecule has 0 aliphatic carbocycles. The van der Waals surface area contributed by atoms with E-state index < -0.39 is 0 Å². The summed E-state index contributed by atoms with van der Waals surface area (Å²) in [6, 6.07) is 13.9. The summed E-state index contributed by atoms with van der Waals surface area (Å²) < 4.78 is 18.9. The van der Waals surface area contributed by atoms with Crippen molar-refractivity contribution < 1.29 is 13.9 Å². The number of carbonyl (C=O) groups excluding carboxylic acids is 1. The lowest BCUT2D eigenvalue weighted by Gasteiger charge is -2.36. The molecule has 0 saturated heterocycles. The number of halogens is 1. The third kappa shape index (κ3) is 4.30. The number of carbonyl (C=O) groups is 1. The molecule has 0 spiro atoms. The van der Waals surface area contributed by atoms with Crippen molar-refractivity contribution in [2.24, 2.45) is 0 Å². The van der Waals surface area contributed by atoms with E-state index in [0.29, 0.717) is 13.1 Å². The lowest BCUT2D eigenvalue weighted by atomic mass is 9.92. The number of nitrogens with one attached hydrogen (secondary N) is 1. The van der Waals surface area contributed by atoms with Gasteiger partial charge in [-0.1, -0.05) is 31.2 Å². The van der Waals surface area contributed by atoms with E-state index in [2.05, 4.69) is 19.2 Å². The van der Waals surface area contributed by atoms with Gasteiger partial charge in [0.2, 0.25) is 0 Å². The first-order valence-corrected chi connectivity index (χ1v) is 11.4. The number of hydrogen-bond donors (Lipinski definition) is 1. The van der Waals surface area contributed by atoms with E-state index in [1.807, 2.05) is 29.2 Å². The quantitative estimate of drug-likeness (QED) is 0.561. The van der Waals surface area contributed by atoms with Gasteiger partial charge in [0.25, 0.3) is 0 Å². The Morgan fingerprint density at radius 2 is 2.03 bits per heavy atom. The summed E-state index contributed by atoms with van der Waals surface area (Å²) in [4.78, 5) is 17.6. The van der Waals surface area contributed by atoms with Gasteiger partial charge in [0.05, 0.1) is 13.2 Å². The molecule has 0 unspecified atom stereocenters. The molecule has 2 amide bonds. The zero-order valence-corrected chi connectivity index (χ0v) is 18.9. The molecule has 6 heteroatoms. The van der Waals surface area contributed by atoms with Gasteiger partial charge in [-0.2, -0.15) is 0 Å². The van der Waals surface area contributed by atoms with Gasteiger partial charge in [0.15, 0.2) is 0 Å². The van der Waals surface area contributed by atoms with E-state index in [0.717, 1.165) is 29.7 Å². The van der Waals surface area contributed by atoms with Crippen LogP contribution in [0.15, 0.2) is 48.5 Å². The number of ether oxygens (including phenoxy) is 1. The predicted octanol–water partition coefficient (Wildman–Crippen LogP) is 5.62. The summed E-state index contributed by atoms with van der Waals surface area (Å²) in [6.07, 6.45) is 1.82. The summed E-state index contributed by atoms with van der Waals surface area (Å²) in [7, 11) is 1.63. The molecule has 0 radical (unpaired) electrons. The Kier molecular flexibility index (Phi) is 6.28. The summed E-state index contributed by atoms with van der Waals surface area (Å²) >= 11 is 1.76. The molecular weight excluding hydrogens is 411 g/mol. The van der Waals surface area contributed by atoms with Crippen LogP contribution in [0.25, 0.3) is 0 Å². The highest BCUT2D eigenvalue weighted by Crippen LogP contribution is 2.42. The molecule has 2 aromatic carbocycles. The van der Waals surface area contributed by atoms with Gasteiger partial charge in [-0.25, -0.2) is 9.18 Å². The van der Waals surface area contributed by atoms with Crippen molar-refractivity contribution in [1.82, 2.24) is 10.2 Å². The highest BCUT2D eigenvalue weighted by Gasteiger charge is 2.35. The highest BCUT2D eigenvalue weighted by molar-refractivity contribution is 7.12. The van der Waals surface area contributed by atoms with Crippen molar-refractivity contribution >= 4 is 17.4 Å². The van der Waals surface area contributed by atoms with Gasteiger partial charge in [0.1, 0.15) is 11.6 Å². The molecule has 1 N–H and O–H groups in total. The third-order valence-corrected chi connectivity index (χ3v) is 7.13. The van der Waals surface area contributed by atoms with Gasteiger partial charge in [0, 0.05) is 22.8 Å². The fraction of sp³-hybridized carbons (Fsp3) is 0.320. The Morgan fingerprint density at radius 3 is 2.74 bits per heavy atom. The van der Waals surface area contributed by atoms with Crippen LogP contribution in [-0.4, -0.2) is 24.6 Å². The second kappa shape index (κ2) is 9.10. The van der Waals surface area contributed by atoms with Crippen molar-refractivity contribution in [3.8, 4) is 5.75 Å². The summed E-state index contributed by atoms with van der Waals surface area (Å²) in [5, 5.41) is 3.06. The SMILES string of the molecule is CCc1c(C)sc2c1CCN(C(=O)NCc1cccc(OC)c1)[C@@H]2c1ccc(F)cc1. The number of urea groups is 1. The van der Waals surface area contributed by atoms with Crippen LogP contribution in [0, 0.1) is 12.7 Å². The van der Waals surface area contributed by atoms with E-state index >= 15 is 0 Å². The average Bonchev–Trinajstić information content (AvgIpc) is 3.12. The number of nitrogens with zero attached hydrogens (tertiary/aromatic N) is 1. The molecule has 1 aliphatic heterocycles. The van der Waals surface area contributed by atoms with Crippen molar-refractivity contribution in [2.75, 3.05) is 13.7 Å². The summed E-state index contributed by atoms with van der Waals surface area (Å²) in [5.74, 6) is 0.491. The maximum absolute atomic E-state index is 13.6. The van der Waals surface area contributed by atoms with E-state index in [4.69, 9.17) is 4.74 Å². The number of benzene rings is 2. The molecule has 4 nitrogen and oxygen atoms in total. The Balaban J connectivity index is 1.63. The first-order valence-electron chi connectivity index (χ1n) is 10.6. The minimum absolute atomic E-state index is 0.119. The zero-order chi connectivity index (χ0) is 22.0. The van der Waals surface area contributed by atoms with Crippen LogP contribution in [0.1, 0.15) is 45.0 Å². The van der Waals surface area contributed by atoms with E-state index in [1.54, 1.807) is 30.6 Å². The van der Waals surface area contributed by atoms with Gasteiger partial charge in [-0.3, -0.25) is 0 Å². The van der Waals surface area contributed by atoms with Crippen molar-refractivity contribution in [1.29, 1.82) is 0 Å². The van der Waals surface area contributed by atoms with Crippen LogP contribution in [0.4, 0.5) is 9.18 Å². The largest absolute Gasteiger partial charge is 0.497 e. The molecule has 31 heavy (non-hydrogen) atoms. The Hall–Kier alpha value is -2.86. The third-order valence-electron chi connectivity index (χ3n) is 5.89. The molecule has 1 aliphatic rings. The Bertz CT molecular complexity index is 1080. The van der Waals surface area contributed by atoms with Crippen LogP contribution >= 0.6 is 11.3 Å². The highest BCUT2D eigenvalue weighted by atomic mass is 32.1. The normalized spacial score (nSPS) is 15.5. The van der Waals surface area contributed by atoms with Gasteiger partial charge >= 0.3 is 6.03 Å². The van der Waals surface area contributed by atoms with Crippen LogP contribution in [0.3, 0.4) is 0 Å². The summed E-state index contributed by atoms with van der Waals surface area (Å²) in [6.45, 7) is 5.37. The van der Waals surface area contributed by atoms with E-state index in [1.165, 1.54) is 33.0 Å². The number of fused-ring (bicyclic) bond motifs is 1. The predicted molar refractivity (Wildman–Crippen MR) is 122 cm³/mol. The lowest BCUT2D eigenvalue weighted by Crippen LogP contribution is -2.45. The molecule has 1 aromatic heterocycles. The number of hydrogen-bond acceptors (Lipinski definition) is 3. The molecular formula is C25H27FN2O2S. The van der Waals surface area contributed by atoms with Gasteiger partial charge in [-0.05, 0) is 66.3 Å². The second-order valence-corrected chi connectivity index (χ2v) is 9.00. The topological polar surface area (TPSA) is 41.6 Å². The Labute approximate surface area is 186 Å². The first-order chi connectivity index (χ1) is 15.0. The number of aryl methyl sites for hydroxylation is 1. The smallest absolute Gasteiger partial charge is 0.318 e. The molecule has 2 heterocycles. The minimum atomic E-state index is -0.273. The summed E-state index contributed by atoms with van der Waals surface area (Å²) in [5.41, 5.74) is 4.66. The number of methoxy groups -OCH3 is 1.